The predicted octanol–water partition coefficient (Wildman–Crippen LogP) is 2.61. The summed E-state index contributed by atoms with van der Waals surface area (Å²) in [6.45, 7) is 2.96. The summed E-state index contributed by atoms with van der Waals surface area (Å²) in [5, 5.41) is 3.70. The monoisotopic (exact) mass is 243 g/mol. The van der Waals surface area contributed by atoms with Crippen molar-refractivity contribution in [2.75, 3.05) is 19.7 Å². The lowest BCUT2D eigenvalue weighted by atomic mass is 10.1. The van der Waals surface area contributed by atoms with Crippen LogP contribution in [0.15, 0.2) is 18.2 Å². The van der Waals surface area contributed by atoms with Gasteiger partial charge in [0.05, 0.1) is 13.2 Å². The highest BCUT2D eigenvalue weighted by atomic mass is 35.5. The van der Waals surface area contributed by atoms with Gasteiger partial charge in [-0.2, -0.15) is 0 Å². The van der Waals surface area contributed by atoms with Gasteiger partial charge in [0.1, 0.15) is 5.82 Å². The maximum atomic E-state index is 13.4. The molecule has 1 aromatic carbocycles. The van der Waals surface area contributed by atoms with Crippen molar-refractivity contribution < 1.29 is 9.13 Å². The Bertz CT molecular complexity index is 333. The molecule has 0 saturated carbocycles. The average molecular weight is 244 g/mol. The van der Waals surface area contributed by atoms with Gasteiger partial charge in [-0.1, -0.05) is 17.7 Å². The molecule has 1 fully saturated rings. The van der Waals surface area contributed by atoms with Gasteiger partial charge in [0.2, 0.25) is 0 Å². The Morgan fingerprint density at radius 2 is 2.38 bits per heavy atom. The topological polar surface area (TPSA) is 21.3 Å². The van der Waals surface area contributed by atoms with Gasteiger partial charge in [0.25, 0.3) is 0 Å². The smallest absolute Gasteiger partial charge is 0.130 e. The van der Waals surface area contributed by atoms with Crippen molar-refractivity contribution in [3.8, 4) is 0 Å². The highest BCUT2D eigenvalue weighted by Crippen LogP contribution is 2.20. The van der Waals surface area contributed by atoms with Crippen LogP contribution in [0.25, 0.3) is 0 Å². The van der Waals surface area contributed by atoms with Crippen molar-refractivity contribution >= 4 is 11.6 Å². The fraction of sp³-hybridized carbons (Fsp3) is 0.500. The number of rotatable bonds is 4. The lowest BCUT2D eigenvalue weighted by Crippen LogP contribution is -2.14. The third-order valence-electron chi connectivity index (χ3n) is 2.82. The normalized spacial score (nSPS) is 20.2. The van der Waals surface area contributed by atoms with Crippen molar-refractivity contribution in [2.24, 2.45) is 5.92 Å². The molecule has 1 unspecified atom stereocenters. The Hall–Kier alpha value is -0.640. The van der Waals surface area contributed by atoms with Gasteiger partial charge in [-0.15, -0.1) is 0 Å². The van der Waals surface area contributed by atoms with E-state index in [9.17, 15) is 4.39 Å². The maximum Gasteiger partial charge on any atom is 0.130 e. The first-order valence-corrected chi connectivity index (χ1v) is 5.86. The van der Waals surface area contributed by atoms with E-state index in [-0.39, 0.29) is 12.4 Å². The Balaban J connectivity index is 1.84. The molecule has 2 nitrogen and oxygen atoms in total. The zero-order valence-corrected chi connectivity index (χ0v) is 9.77. The summed E-state index contributed by atoms with van der Waals surface area (Å²) in [6, 6.07) is 4.68. The van der Waals surface area contributed by atoms with Gasteiger partial charge in [0.15, 0.2) is 0 Å². The summed E-state index contributed by atoms with van der Waals surface area (Å²) in [5.74, 6) is 0.252. The Labute approximate surface area is 99.7 Å². The molecule has 0 bridgehead atoms. The summed E-state index contributed by atoms with van der Waals surface area (Å²) in [6.07, 6.45) is 1.13. The van der Waals surface area contributed by atoms with Gasteiger partial charge < -0.3 is 10.1 Å². The lowest BCUT2D eigenvalue weighted by molar-refractivity contribution is 0.0906. The van der Waals surface area contributed by atoms with E-state index in [1.54, 1.807) is 12.1 Å². The first kappa shape index (κ1) is 11.8. The van der Waals surface area contributed by atoms with Crippen molar-refractivity contribution in [1.29, 1.82) is 0 Å². The number of halogens is 2. The molecule has 0 spiro atoms. The van der Waals surface area contributed by atoms with Crippen LogP contribution in [0.5, 0.6) is 0 Å². The Kier molecular flexibility index (Phi) is 4.16. The SMILES string of the molecule is Fc1cccc(Cl)c1COCC1CCNC1. The highest BCUT2D eigenvalue weighted by Gasteiger charge is 2.15. The van der Waals surface area contributed by atoms with Crippen LogP contribution in [0.2, 0.25) is 5.02 Å². The summed E-state index contributed by atoms with van der Waals surface area (Å²) >= 11 is 5.89. The number of nitrogens with one attached hydrogen (secondary N) is 1. The molecule has 1 aromatic rings. The lowest BCUT2D eigenvalue weighted by Gasteiger charge is -2.10. The second-order valence-electron chi connectivity index (χ2n) is 4.07. The van der Waals surface area contributed by atoms with E-state index in [4.69, 9.17) is 16.3 Å². The van der Waals surface area contributed by atoms with Crippen molar-refractivity contribution in [1.82, 2.24) is 5.32 Å². The molecule has 4 heteroatoms. The van der Waals surface area contributed by atoms with E-state index in [0.29, 0.717) is 23.1 Å². The molecule has 88 valence electrons. The predicted molar refractivity (Wildman–Crippen MR) is 62.0 cm³/mol. The van der Waals surface area contributed by atoms with Crippen LogP contribution in [0, 0.1) is 11.7 Å². The number of ether oxygens (including phenoxy) is 1. The average Bonchev–Trinajstić information content (AvgIpc) is 2.75. The number of benzene rings is 1. The highest BCUT2D eigenvalue weighted by molar-refractivity contribution is 6.31. The molecule has 0 aliphatic carbocycles. The van der Waals surface area contributed by atoms with E-state index < -0.39 is 0 Å². The first-order valence-electron chi connectivity index (χ1n) is 5.48. The molecule has 1 heterocycles. The second kappa shape index (κ2) is 5.62. The fourth-order valence-electron chi connectivity index (χ4n) is 1.85. The van der Waals surface area contributed by atoms with Crippen molar-refractivity contribution in [3.05, 3.63) is 34.6 Å². The zero-order valence-electron chi connectivity index (χ0n) is 9.01. The minimum Gasteiger partial charge on any atom is -0.376 e. The molecule has 0 aromatic heterocycles. The van der Waals surface area contributed by atoms with Crippen LogP contribution in [-0.2, 0) is 11.3 Å². The molecule has 1 N–H and O–H groups in total. The third-order valence-corrected chi connectivity index (χ3v) is 3.18. The van der Waals surface area contributed by atoms with Crippen molar-refractivity contribution in [3.63, 3.8) is 0 Å². The zero-order chi connectivity index (χ0) is 11.4. The van der Waals surface area contributed by atoms with Gasteiger partial charge in [0, 0.05) is 17.1 Å². The minimum atomic E-state index is -0.294. The standard InChI is InChI=1S/C12H15ClFNO/c13-11-2-1-3-12(14)10(11)8-16-7-9-4-5-15-6-9/h1-3,9,15H,4-8H2. The molecule has 1 aliphatic rings. The molecule has 0 amide bonds. The molecule has 2 rings (SSSR count). The van der Waals surface area contributed by atoms with Crippen LogP contribution in [0.3, 0.4) is 0 Å². The van der Waals surface area contributed by atoms with E-state index in [0.717, 1.165) is 19.5 Å². The van der Waals surface area contributed by atoms with Crippen LogP contribution in [-0.4, -0.2) is 19.7 Å². The Morgan fingerprint density at radius 1 is 1.50 bits per heavy atom. The van der Waals surface area contributed by atoms with Gasteiger partial charge >= 0.3 is 0 Å². The van der Waals surface area contributed by atoms with Crippen LogP contribution in [0.1, 0.15) is 12.0 Å². The molecule has 1 atom stereocenters. The first-order chi connectivity index (χ1) is 7.77. The van der Waals surface area contributed by atoms with Crippen LogP contribution < -0.4 is 5.32 Å². The molecule has 16 heavy (non-hydrogen) atoms. The summed E-state index contributed by atoms with van der Waals surface area (Å²) < 4.78 is 18.9. The third kappa shape index (κ3) is 2.94. The van der Waals surface area contributed by atoms with E-state index in [2.05, 4.69) is 5.32 Å². The van der Waals surface area contributed by atoms with E-state index in [1.165, 1.54) is 6.07 Å². The second-order valence-corrected chi connectivity index (χ2v) is 4.48. The van der Waals surface area contributed by atoms with Crippen LogP contribution in [0.4, 0.5) is 4.39 Å². The summed E-state index contributed by atoms with van der Waals surface area (Å²) in [4.78, 5) is 0. The molecule has 1 aliphatic heterocycles. The Morgan fingerprint density at radius 3 is 3.06 bits per heavy atom. The van der Waals surface area contributed by atoms with Crippen LogP contribution >= 0.6 is 11.6 Å². The quantitative estimate of drug-likeness (QED) is 0.878. The molecule has 1 saturated heterocycles. The largest absolute Gasteiger partial charge is 0.376 e. The maximum absolute atomic E-state index is 13.4. The van der Waals surface area contributed by atoms with E-state index in [1.807, 2.05) is 0 Å². The summed E-state index contributed by atoms with van der Waals surface area (Å²) in [7, 11) is 0. The van der Waals surface area contributed by atoms with Gasteiger partial charge in [-0.3, -0.25) is 0 Å². The summed E-state index contributed by atoms with van der Waals surface area (Å²) in [5.41, 5.74) is 0.454. The fourth-order valence-corrected chi connectivity index (χ4v) is 2.07. The minimum absolute atomic E-state index is 0.252. The van der Waals surface area contributed by atoms with Crippen molar-refractivity contribution in [2.45, 2.75) is 13.0 Å². The van der Waals surface area contributed by atoms with Gasteiger partial charge in [-0.25, -0.2) is 4.39 Å². The number of hydrogen-bond acceptors (Lipinski definition) is 2. The number of hydrogen-bond donors (Lipinski definition) is 1. The molecule has 0 radical (unpaired) electrons. The van der Waals surface area contributed by atoms with Gasteiger partial charge in [-0.05, 0) is 31.0 Å². The molecular weight excluding hydrogens is 229 g/mol. The molecular formula is C12H15ClFNO. The van der Waals surface area contributed by atoms with E-state index >= 15 is 0 Å².